The molecule has 1 aromatic carbocycles. The molecular formula is C21H28N4OS. The first-order valence-electron chi connectivity index (χ1n) is 9.90. The van der Waals surface area contributed by atoms with E-state index in [-0.39, 0.29) is 11.9 Å². The SMILES string of the molecule is Cc1cccc(-c2nnc(SCC(=O)NC(C)C3CC4CCC3C4)n2C)c1. The lowest BCUT2D eigenvalue weighted by molar-refractivity contribution is -0.119. The van der Waals surface area contributed by atoms with E-state index < -0.39 is 0 Å². The molecule has 0 aliphatic heterocycles. The molecule has 2 bridgehead atoms. The van der Waals surface area contributed by atoms with Crippen molar-refractivity contribution in [2.45, 2.75) is 50.7 Å². The first kappa shape index (κ1) is 18.5. The second kappa shape index (κ2) is 7.66. The van der Waals surface area contributed by atoms with Gasteiger partial charge < -0.3 is 9.88 Å². The van der Waals surface area contributed by atoms with Gasteiger partial charge in [0.15, 0.2) is 11.0 Å². The summed E-state index contributed by atoms with van der Waals surface area (Å²) in [6.45, 7) is 4.24. The maximum absolute atomic E-state index is 12.4. The highest BCUT2D eigenvalue weighted by Crippen LogP contribution is 2.49. The maximum Gasteiger partial charge on any atom is 0.230 e. The monoisotopic (exact) mass is 384 g/mol. The molecule has 2 saturated carbocycles. The van der Waals surface area contributed by atoms with Gasteiger partial charge in [0.05, 0.1) is 5.75 Å². The summed E-state index contributed by atoms with van der Waals surface area (Å²) in [5, 5.41) is 12.6. The normalized spacial score (nSPS) is 24.9. The Labute approximate surface area is 165 Å². The molecule has 2 aliphatic rings. The van der Waals surface area contributed by atoms with E-state index in [4.69, 9.17) is 0 Å². The van der Waals surface area contributed by atoms with Gasteiger partial charge in [0, 0.05) is 18.7 Å². The van der Waals surface area contributed by atoms with E-state index in [1.807, 2.05) is 23.7 Å². The van der Waals surface area contributed by atoms with Crippen LogP contribution in [0.2, 0.25) is 0 Å². The van der Waals surface area contributed by atoms with Crippen LogP contribution in [0.1, 0.15) is 38.2 Å². The number of hydrogen-bond donors (Lipinski definition) is 1. The van der Waals surface area contributed by atoms with Crippen LogP contribution < -0.4 is 5.32 Å². The number of carbonyl (C=O) groups excluding carboxylic acids is 1. The van der Waals surface area contributed by atoms with Crippen molar-refractivity contribution < 1.29 is 4.79 Å². The van der Waals surface area contributed by atoms with Crippen molar-refractivity contribution in [3.63, 3.8) is 0 Å². The third kappa shape index (κ3) is 3.91. The van der Waals surface area contributed by atoms with E-state index in [0.29, 0.717) is 11.7 Å². The highest BCUT2D eigenvalue weighted by molar-refractivity contribution is 7.99. The smallest absolute Gasteiger partial charge is 0.230 e. The van der Waals surface area contributed by atoms with Crippen molar-refractivity contribution in [1.29, 1.82) is 0 Å². The van der Waals surface area contributed by atoms with E-state index in [2.05, 4.69) is 41.5 Å². The van der Waals surface area contributed by atoms with Gasteiger partial charge in [0.1, 0.15) is 0 Å². The summed E-state index contributed by atoms with van der Waals surface area (Å²) < 4.78 is 1.96. The zero-order valence-corrected chi connectivity index (χ0v) is 17.1. The van der Waals surface area contributed by atoms with Crippen LogP contribution >= 0.6 is 11.8 Å². The van der Waals surface area contributed by atoms with E-state index in [1.54, 1.807) is 0 Å². The van der Waals surface area contributed by atoms with E-state index in [1.165, 1.54) is 43.0 Å². The van der Waals surface area contributed by atoms with Crippen molar-refractivity contribution in [2.24, 2.45) is 24.8 Å². The number of carbonyl (C=O) groups is 1. The largest absolute Gasteiger partial charge is 0.353 e. The Kier molecular flexibility index (Phi) is 5.26. The minimum Gasteiger partial charge on any atom is -0.353 e. The minimum atomic E-state index is 0.0929. The van der Waals surface area contributed by atoms with Gasteiger partial charge in [-0.15, -0.1) is 10.2 Å². The fraction of sp³-hybridized carbons (Fsp3) is 0.571. The van der Waals surface area contributed by atoms with Crippen molar-refractivity contribution in [1.82, 2.24) is 20.1 Å². The van der Waals surface area contributed by atoms with Gasteiger partial charge in [-0.2, -0.15) is 0 Å². The average Bonchev–Trinajstić information content (AvgIpc) is 3.36. The van der Waals surface area contributed by atoms with Crippen LogP contribution in [0.25, 0.3) is 11.4 Å². The molecule has 4 atom stereocenters. The Morgan fingerprint density at radius 3 is 2.89 bits per heavy atom. The molecular weight excluding hydrogens is 356 g/mol. The first-order chi connectivity index (χ1) is 13.0. The lowest BCUT2D eigenvalue weighted by Crippen LogP contribution is -2.40. The van der Waals surface area contributed by atoms with E-state index in [0.717, 1.165) is 28.4 Å². The molecule has 27 heavy (non-hydrogen) atoms. The number of hydrogen-bond acceptors (Lipinski definition) is 4. The Balaban J connectivity index is 1.33. The van der Waals surface area contributed by atoms with Gasteiger partial charge in [-0.25, -0.2) is 0 Å². The fourth-order valence-corrected chi connectivity index (χ4v) is 5.64. The summed E-state index contributed by atoms with van der Waals surface area (Å²) in [6.07, 6.45) is 5.42. The zero-order chi connectivity index (χ0) is 19.0. The first-order valence-corrected chi connectivity index (χ1v) is 10.9. The number of benzene rings is 1. The van der Waals surface area contributed by atoms with Crippen molar-refractivity contribution in [3.05, 3.63) is 29.8 Å². The van der Waals surface area contributed by atoms with Gasteiger partial charge in [-0.05, 0) is 56.9 Å². The zero-order valence-electron chi connectivity index (χ0n) is 16.3. The van der Waals surface area contributed by atoms with Crippen molar-refractivity contribution in [3.8, 4) is 11.4 Å². The van der Waals surface area contributed by atoms with Crippen LogP contribution in [0.3, 0.4) is 0 Å². The lowest BCUT2D eigenvalue weighted by atomic mass is 9.84. The molecule has 2 fully saturated rings. The molecule has 2 aromatic rings. The number of thioether (sulfide) groups is 1. The van der Waals surface area contributed by atoms with Crippen LogP contribution in [0.15, 0.2) is 29.4 Å². The molecule has 0 saturated heterocycles. The summed E-state index contributed by atoms with van der Waals surface area (Å²) in [5.41, 5.74) is 2.24. The van der Waals surface area contributed by atoms with Gasteiger partial charge in [-0.1, -0.05) is 41.9 Å². The Hall–Kier alpha value is -1.82. The highest BCUT2D eigenvalue weighted by Gasteiger charge is 2.42. The molecule has 4 rings (SSSR count). The summed E-state index contributed by atoms with van der Waals surface area (Å²) in [5.74, 6) is 3.71. The highest BCUT2D eigenvalue weighted by atomic mass is 32.2. The number of amides is 1. The fourth-order valence-electron chi connectivity index (χ4n) is 4.92. The molecule has 1 aromatic heterocycles. The number of aryl methyl sites for hydroxylation is 1. The minimum absolute atomic E-state index is 0.0929. The van der Waals surface area contributed by atoms with Gasteiger partial charge in [0.25, 0.3) is 0 Å². The van der Waals surface area contributed by atoms with Gasteiger partial charge >= 0.3 is 0 Å². The van der Waals surface area contributed by atoms with Crippen LogP contribution in [0, 0.1) is 24.7 Å². The number of rotatable bonds is 6. The topological polar surface area (TPSA) is 59.8 Å². The molecule has 4 unspecified atom stereocenters. The van der Waals surface area contributed by atoms with Gasteiger partial charge in [0.2, 0.25) is 5.91 Å². The molecule has 2 aliphatic carbocycles. The Morgan fingerprint density at radius 1 is 1.33 bits per heavy atom. The second-order valence-corrected chi connectivity index (χ2v) is 9.16. The lowest BCUT2D eigenvalue weighted by Gasteiger charge is -2.28. The molecule has 0 spiro atoms. The summed E-state index contributed by atoms with van der Waals surface area (Å²) in [6, 6.07) is 8.50. The summed E-state index contributed by atoms with van der Waals surface area (Å²) >= 11 is 1.45. The molecule has 144 valence electrons. The Bertz CT molecular complexity index is 833. The van der Waals surface area contributed by atoms with Crippen LogP contribution in [-0.2, 0) is 11.8 Å². The predicted molar refractivity (Wildman–Crippen MR) is 108 cm³/mol. The number of fused-ring (bicyclic) bond motifs is 2. The number of nitrogens with zero attached hydrogens (tertiary/aromatic N) is 3. The third-order valence-corrected chi connectivity index (χ3v) is 7.29. The quantitative estimate of drug-likeness (QED) is 0.769. The molecule has 1 amide bonds. The van der Waals surface area contributed by atoms with Crippen molar-refractivity contribution in [2.75, 3.05) is 5.75 Å². The average molecular weight is 385 g/mol. The molecule has 6 heteroatoms. The van der Waals surface area contributed by atoms with Crippen LogP contribution in [0.4, 0.5) is 0 Å². The van der Waals surface area contributed by atoms with Crippen LogP contribution in [-0.4, -0.2) is 32.5 Å². The predicted octanol–water partition coefficient (Wildman–Crippen LogP) is 3.82. The number of aromatic nitrogens is 3. The standard InChI is InChI=1S/C21H28N4OS/c1-13-5-4-6-17(9-13)20-23-24-21(25(20)3)27-12-19(26)22-14(2)18-11-15-7-8-16(18)10-15/h4-6,9,14-16,18H,7-8,10-12H2,1-3H3,(H,22,26). The molecule has 0 radical (unpaired) electrons. The Morgan fingerprint density at radius 2 is 2.19 bits per heavy atom. The third-order valence-electron chi connectivity index (χ3n) is 6.27. The van der Waals surface area contributed by atoms with E-state index >= 15 is 0 Å². The van der Waals surface area contributed by atoms with Gasteiger partial charge in [-0.3, -0.25) is 4.79 Å². The second-order valence-electron chi connectivity index (χ2n) is 8.22. The summed E-state index contributed by atoms with van der Waals surface area (Å²) in [4.78, 5) is 12.4. The van der Waals surface area contributed by atoms with Crippen LogP contribution in [0.5, 0.6) is 0 Å². The summed E-state index contributed by atoms with van der Waals surface area (Å²) in [7, 11) is 1.95. The molecule has 1 N–H and O–H groups in total. The van der Waals surface area contributed by atoms with E-state index in [9.17, 15) is 4.79 Å². The van der Waals surface area contributed by atoms with Crippen molar-refractivity contribution >= 4 is 17.7 Å². The number of nitrogens with one attached hydrogen (secondary N) is 1. The molecule has 5 nitrogen and oxygen atoms in total. The molecule has 1 heterocycles. The maximum atomic E-state index is 12.4.